The minimum absolute atomic E-state index is 0.0644. The SMILES string of the molecule is Cc1nc(Cc2cnc(-c3ccc(C(C)(C)C)cc3)nc2)nc(C(=O)NCC(=O)O)c1O. The zero-order valence-corrected chi connectivity index (χ0v) is 18.4. The molecule has 0 aliphatic carbocycles. The summed E-state index contributed by atoms with van der Waals surface area (Å²) < 4.78 is 0. The largest absolute Gasteiger partial charge is 0.504 e. The molecule has 32 heavy (non-hydrogen) atoms. The lowest BCUT2D eigenvalue weighted by atomic mass is 9.87. The van der Waals surface area contributed by atoms with E-state index in [4.69, 9.17) is 5.11 Å². The molecule has 2 aromatic heterocycles. The molecule has 0 atom stereocenters. The van der Waals surface area contributed by atoms with Gasteiger partial charge in [0.1, 0.15) is 12.4 Å². The molecule has 166 valence electrons. The van der Waals surface area contributed by atoms with Crippen LogP contribution in [0.1, 0.15) is 53.9 Å². The summed E-state index contributed by atoms with van der Waals surface area (Å²) in [6.45, 7) is 7.42. The second kappa shape index (κ2) is 9.09. The highest BCUT2D eigenvalue weighted by Gasteiger charge is 2.19. The van der Waals surface area contributed by atoms with E-state index >= 15 is 0 Å². The van der Waals surface area contributed by atoms with E-state index in [1.165, 1.54) is 12.5 Å². The quantitative estimate of drug-likeness (QED) is 0.537. The summed E-state index contributed by atoms with van der Waals surface area (Å²) >= 11 is 0. The average Bonchev–Trinajstić information content (AvgIpc) is 2.74. The van der Waals surface area contributed by atoms with Gasteiger partial charge in [-0.05, 0) is 23.5 Å². The molecule has 0 unspecified atom stereocenters. The summed E-state index contributed by atoms with van der Waals surface area (Å²) in [6.07, 6.45) is 3.56. The van der Waals surface area contributed by atoms with Gasteiger partial charge in [0, 0.05) is 24.4 Å². The maximum atomic E-state index is 12.2. The third-order valence-electron chi connectivity index (χ3n) is 4.80. The number of aromatic nitrogens is 4. The molecule has 0 bridgehead atoms. The van der Waals surface area contributed by atoms with Gasteiger partial charge in [0.25, 0.3) is 5.91 Å². The molecule has 9 nitrogen and oxygen atoms in total. The molecule has 1 amide bonds. The van der Waals surface area contributed by atoms with E-state index in [0.717, 1.165) is 11.1 Å². The van der Waals surface area contributed by atoms with Crippen molar-refractivity contribution < 1.29 is 19.8 Å². The molecule has 1 aromatic carbocycles. The van der Waals surface area contributed by atoms with Crippen LogP contribution in [0, 0.1) is 6.92 Å². The highest BCUT2D eigenvalue weighted by Crippen LogP contribution is 2.25. The fourth-order valence-corrected chi connectivity index (χ4v) is 3.00. The first-order valence-corrected chi connectivity index (χ1v) is 10.0. The fourth-order valence-electron chi connectivity index (χ4n) is 3.00. The van der Waals surface area contributed by atoms with E-state index < -0.39 is 18.4 Å². The van der Waals surface area contributed by atoms with Gasteiger partial charge in [0.05, 0.1) is 5.69 Å². The molecule has 0 saturated carbocycles. The van der Waals surface area contributed by atoms with Crippen LogP contribution in [-0.4, -0.2) is 48.6 Å². The number of carboxylic acids is 1. The molecule has 0 spiro atoms. The molecule has 0 aliphatic rings. The van der Waals surface area contributed by atoms with Crippen LogP contribution in [0.3, 0.4) is 0 Å². The van der Waals surface area contributed by atoms with E-state index in [0.29, 0.717) is 5.82 Å². The van der Waals surface area contributed by atoms with Gasteiger partial charge < -0.3 is 15.5 Å². The number of rotatable bonds is 6. The Morgan fingerprint density at radius 1 is 1.03 bits per heavy atom. The molecule has 3 N–H and O–H groups in total. The first-order chi connectivity index (χ1) is 15.0. The van der Waals surface area contributed by atoms with Crippen molar-refractivity contribution in [3.63, 3.8) is 0 Å². The van der Waals surface area contributed by atoms with Crippen molar-refractivity contribution in [1.29, 1.82) is 0 Å². The van der Waals surface area contributed by atoms with Crippen molar-refractivity contribution in [2.24, 2.45) is 0 Å². The van der Waals surface area contributed by atoms with Crippen LogP contribution in [0.2, 0.25) is 0 Å². The summed E-state index contributed by atoms with van der Waals surface area (Å²) in [5.41, 5.74) is 2.85. The molecule has 3 aromatic rings. The van der Waals surface area contributed by atoms with Crippen molar-refractivity contribution in [3.8, 4) is 17.1 Å². The van der Waals surface area contributed by atoms with Crippen molar-refractivity contribution in [1.82, 2.24) is 25.3 Å². The minimum Gasteiger partial charge on any atom is -0.504 e. The lowest BCUT2D eigenvalue weighted by molar-refractivity contribution is -0.135. The molecular formula is C23H25N5O4. The Morgan fingerprint density at radius 2 is 1.66 bits per heavy atom. The number of amides is 1. The van der Waals surface area contributed by atoms with Crippen LogP contribution in [-0.2, 0) is 16.6 Å². The summed E-state index contributed by atoms with van der Waals surface area (Å²) in [5, 5.41) is 21.0. The Morgan fingerprint density at radius 3 is 2.22 bits per heavy atom. The fraction of sp³-hybridized carbons (Fsp3) is 0.304. The maximum absolute atomic E-state index is 12.2. The summed E-state index contributed by atoms with van der Waals surface area (Å²) in [4.78, 5) is 40.0. The number of carbonyl (C=O) groups is 2. The van der Waals surface area contributed by atoms with E-state index in [1.54, 1.807) is 12.4 Å². The summed E-state index contributed by atoms with van der Waals surface area (Å²) in [7, 11) is 0. The van der Waals surface area contributed by atoms with Gasteiger partial charge in [0.2, 0.25) is 0 Å². The van der Waals surface area contributed by atoms with Gasteiger partial charge in [-0.1, -0.05) is 45.0 Å². The highest BCUT2D eigenvalue weighted by atomic mass is 16.4. The zero-order valence-electron chi connectivity index (χ0n) is 18.4. The van der Waals surface area contributed by atoms with Gasteiger partial charge in [-0.25, -0.2) is 19.9 Å². The second-order valence-electron chi connectivity index (χ2n) is 8.42. The average molecular weight is 435 g/mol. The van der Waals surface area contributed by atoms with Gasteiger partial charge >= 0.3 is 5.97 Å². The topological polar surface area (TPSA) is 138 Å². The van der Waals surface area contributed by atoms with Crippen LogP contribution in [0.25, 0.3) is 11.4 Å². The normalized spacial score (nSPS) is 11.2. The number of nitrogens with zero attached hydrogens (tertiary/aromatic N) is 4. The second-order valence-corrected chi connectivity index (χ2v) is 8.42. The molecule has 0 radical (unpaired) electrons. The maximum Gasteiger partial charge on any atom is 0.322 e. The van der Waals surface area contributed by atoms with E-state index in [1.807, 2.05) is 12.1 Å². The van der Waals surface area contributed by atoms with Gasteiger partial charge in [0.15, 0.2) is 17.3 Å². The van der Waals surface area contributed by atoms with Crippen molar-refractivity contribution >= 4 is 11.9 Å². The third-order valence-corrected chi connectivity index (χ3v) is 4.80. The lowest BCUT2D eigenvalue weighted by Crippen LogP contribution is -2.30. The first-order valence-electron chi connectivity index (χ1n) is 10.0. The number of nitrogens with one attached hydrogen (secondary N) is 1. The third kappa shape index (κ3) is 5.42. The number of carboxylic acid groups (broad SMARTS) is 1. The molecule has 3 rings (SSSR count). The van der Waals surface area contributed by atoms with E-state index in [9.17, 15) is 14.7 Å². The number of aliphatic carboxylic acids is 1. The Hall–Kier alpha value is -3.88. The van der Waals surface area contributed by atoms with Crippen molar-refractivity contribution in [3.05, 3.63) is 65.0 Å². The highest BCUT2D eigenvalue weighted by molar-refractivity contribution is 5.96. The lowest BCUT2D eigenvalue weighted by Gasteiger charge is -2.18. The Kier molecular flexibility index (Phi) is 6.47. The Labute approximate surface area is 185 Å². The predicted octanol–water partition coefficient (Wildman–Crippen LogP) is 2.65. The zero-order chi connectivity index (χ0) is 23.5. The van der Waals surface area contributed by atoms with Crippen molar-refractivity contribution in [2.75, 3.05) is 6.54 Å². The number of hydrogen-bond donors (Lipinski definition) is 3. The van der Waals surface area contributed by atoms with Gasteiger partial charge in [-0.2, -0.15) is 0 Å². The van der Waals surface area contributed by atoms with Crippen LogP contribution in [0.15, 0.2) is 36.7 Å². The first kappa shape index (κ1) is 22.8. The van der Waals surface area contributed by atoms with Crippen molar-refractivity contribution in [2.45, 2.75) is 39.5 Å². The van der Waals surface area contributed by atoms with Crippen LogP contribution < -0.4 is 5.32 Å². The molecule has 0 saturated heterocycles. The Balaban J connectivity index is 1.78. The molecule has 0 fully saturated rings. The number of aryl methyl sites for hydroxylation is 1. The van der Waals surface area contributed by atoms with Crippen LogP contribution in [0.4, 0.5) is 0 Å². The number of hydrogen-bond acceptors (Lipinski definition) is 7. The molecule has 2 heterocycles. The number of carbonyl (C=O) groups excluding carboxylic acids is 1. The van der Waals surface area contributed by atoms with E-state index in [2.05, 4.69) is 58.2 Å². The van der Waals surface area contributed by atoms with E-state index in [-0.39, 0.29) is 34.8 Å². The summed E-state index contributed by atoms with van der Waals surface area (Å²) in [5.74, 6) is -1.50. The minimum atomic E-state index is -1.20. The standard InChI is InChI=1S/C23H25N5O4/c1-13-20(31)19(22(32)26-12-18(29)30)28-17(27-13)9-14-10-24-21(25-11-14)15-5-7-16(8-6-15)23(2,3)4/h5-8,10-11,31H,9,12H2,1-4H3,(H,26,32)(H,29,30). The summed E-state index contributed by atoms with van der Waals surface area (Å²) in [6, 6.07) is 8.11. The smallest absolute Gasteiger partial charge is 0.322 e. The molecule has 9 heteroatoms. The van der Waals surface area contributed by atoms with Gasteiger partial charge in [-0.3, -0.25) is 9.59 Å². The number of benzene rings is 1. The Bertz CT molecular complexity index is 1140. The van der Waals surface area contributed by atoms with Crippen LogP contribution >= 0.6 is 0 Å². The predicted molar refractivity (Wildman–Crippen MR) is 117 cm³/mol. The number of aromatic hydroxyl groups is 1. The van der Waals surface area contributed by atoms with Crippen LogP contribution in [0.5, 0.6) is 5.75 Å². The molecular weight excluding hydrogens is 410 g/mol. The monoisotopic (exact) mass is 435 g/mol. The van der Waals surface area contributed by atoms with Gasteiger partial charge in [-0.15, -0.1) is 0 Å². The molecule has 0 aliphatic heterocycles.